The number of hydrogen-bond acceptors (Lipinski definition) is 4. The summed E-state index contributed by atoms with van der Waals surface area (Å²) in [7, 11) is 0. The van der Waals surface area contributed by atoms with Gasteiger partial charge in [-0.1, -0.05) is 23.8 Å². The maximum Gasteiger partial charge on any atom is 0.326 e. The van der Waals surface area contributed by atoms with E-state index in [2.05, 4.69) is 10.3 Å². The lowest BCUT2D eigenvalue weighted by Crippen LogP contribution is -2.33. The average Bonchev–Trinajstić information content (AvgIpc) is 2.85. The Hall–Kier alpha value is -2.83. The van der Waals surface area contributed by atoms with E-state index in [1.807, 2.05) is 30.1 Å². The van der Waals surface area contributed by atoms with Crippen molar-refractivity contribution in [1.82, 2.24) is 15.3 Å². The summed E-state index contributed by atoms with van der Waals surface area (Å²) >= 11 is 0. The number of aryl methyl sites for hydroxylation is 2. The molecule has 1 amide bonds. The monoisotopic (exact) mass is 301 g/mol. The van der Waals surface area contributed by atoms with Crippen LogP contribution in [-0.4, -0.2) is 21.0 Å². The molecule has 1 aliphatic rings. The maximum atomic E-state index is 12.2. The molecular formula is C15H15N3O4. The van der Waals surface area contributed by atoms with Crippen molar-refractivity contribution in [1.29, 1.82) is 0 Å². The number of aromatic hydroxyl groups is 1. The molecule has 0 fully saturated rings. The Labute approximate surface area is 125 Å². The van der Waals surface area contributed by atoms with Gasteiger partial charge in [0, 0.05) is 0 Å². The van der Waals surface area contributed by atoms with E-state index in [0.717, 1.165) is 24.0 Å². The van der Waals surface area contributed by atoms with E-state index < -0.39 is 28.6 Å². The highest BCUT2D eigenvalue weighted by atomic mass is 16.3. The molecule has 2 aromatic rings. The van der Waals surface area contributed by atoms with Crippen molar-refractivity contribution >= 4 is 5.91 Å². The number of amides is 1. The Kier molecular flexibility index (Phi) is 3.32. The van der Waals surface area contributed by atoms with Crippen LogP contribution in [0.2, 0.25) is 0 Å². The highest BCUT2D eigenvalue weighted by Crippen LogP contribution is 2.32. The lowest BCUT2D eigenvalue weighted by atomic mass is 10.0. The normalized spacial score (nSPS) is 16.3. The molecule has 1 aromatic carbocycles. The number of aromatic amines is 2. The first-order valence-corrected chi connectivity index (χ1v) is 6.91. The van der Waals surface area contributed by atoms with Gasteiger partial charge in [-0.15, -0.1) is 0 Å². The van der Waals surface area contributed by atoms with E-state index in [1.54, 1.807) is 0 Å². The summed E-state index contributed by atoms with van der Waals surface area (Å²) in [4.78, 5) is 38.8. The van der Waals surface area contributed by atoms with Crippen LogP contribution in [0, 0.1) is 6.92 Å². The van der Waals surface area contributed by atoms with Crippen molar-refractivity contribution < 1.29 is 9.90 Å². The number of hydrogen-bond donors (Lipinski definition) is 4. The summed E-state index contributed by atoms with van der Waals surface area (Å²) < 4.78 is 0. The van der Waals surface area contributed by atoms with Crippen LogP contribution in [0.15, 0.2) is 27.8 Å². The number of H-pyrrole nitrogens is 2. The van der Waals surface area contributed by atoms with Gasteiger partial charge in [-0.25, -0.2) is 4.79 Å². The smallest absolute Gasteiger partial charge is 0.326 e. The van der Waals surface area contributed by atoms with Crippen molar-refractivity contribution in [2.75, 3.05) is 0 Å². The molecule has 3 rings (SSSR count). The van der Waals surface area contributed by atoms with Crippen LogP contribution in [0.5, 0.6) is 5.75 Å². The minimum Gasteiger partial charge on any atom is -0.501 e. The third-order valence-corrected chi connectivity index (χ3v) is 3.83. The summed E-state index contributed by atoms with van der Waals surface area (Å²) in [5.41, 5.74) is 1.04. The fraction of sp³-hybridized carbons (Fsp3) is 0.267. The molecule has 0 saturated heterocycles. The quantitative estimate of drug-likeness (QED) is 0.646. The largest absolute Gasteiger partial charge is 0.501 e. The van der Waals surface area contributed by atoms with Gasteiger partial charge in [0.15, 0.2) is 5.69 Å². The number of fused-ring (bicyclic) bond motifs is 1. The van der Waals surface area contributed by atoms with E-state index in [4.69, 9.17) is 0 Å². The first kappa shape index (κ1) is 14.1. The Morgan fingerprint density at radius 2 is 2.09 bits per heavy atom. The first-order chi connectivity index (χ1) is 10.5. The molecule has 0 unspecified atom stereocenters. The molecule has 7 nitrogen and oxygen atoms in total. The first-order valence-electron chi connectivity index (χ1n) is 6.91. The van der Waals surface area contributed by atoms with Crippen LogP contribution in [0.1, 0.15) is 39.6 Å². The highest BCUT2D eigenvalue weighted by Gasteiger charge is 2.26. The van der Waals surface area contributed by atoms with E-state index >= 15 is 0 Å². The molecule has 7 heteroatoms. The predicted molar refractivity (Wildman–Crippen MR) is 79.1 cm³/mol. The fourth-order valence-electron chi connectivity index (χ4n) is 2.75. The lowest BCUT2D eigenvalue weighted by Gasteiger charge is -2.14. The topological polar surface area (TPSA) is 115 Å². The third kappa shape index (κ3) is 2.41. The predicted octanol–water partition coefficient (Wildman–Crippen LogP) is 0.495. The second kappa shape index (κ2) is 5.18. The molecular weight excluding hydrogens is 286 g/mol. The van der Waals surface area contributed by atoms with Crippen LogP contribution in [0.4, 0.5) is 0 Å². The summed E-state index contributed by atoms with van der Waals surface area (Å²) in [5.74, 6) is -1.47. The van der Waals surface area contributed by atoms with Gasteiger partial charge in [0.2, 0.25) is 5.75 Å². The van der Waals surface area contributed by atoms with Crippen molar-refractivity contribution in [3.63, 3.8) is 0 Å². The van der Waals surface area contributed by atoms with Gasteiger partial charge in [-0.05, 0) is 30.9 Å². The van der Waals surface area contributed by atoms with Crippen molar-refractivity contribution in [2.24, 2.45) is 0 Å². The van der Waals surface area contributed by atoms with Gasteiger partial charge in [-0.3, -0.25) is 19.6 Å². The van der Waals surface area contributed by atoms with Crippen LogP contribution in [0.3, 0.4) is 0 Å². The van der Waals surface area contributed by atoms with Crippen molar-refractivity contribution in [3.05, 3.63) is 61.4 Å². The molecule has 22 heavy (non-hydrogen) atoms. The Morgan fingerprint density at radius 3 is 2.86 bits per heavy atom. The Bertz CT molecular complexity index is 866. The number of rotatable bonds is 2. The SMILES string of the molecule is Cc1ccc2c(c1)[C@@H](NC(=O)c1[nH]c(=O)[nH]c(=O)c1O)CC2. The van der Waals surface area contributed by atoms with Gasteiger partial charge >= 0.3 is 5.69 Å². The van der Waals surface area contributed by atoms with Crippen LogP contribution in [-0.2, 0) is 6.42 Å². The highest BCUT2D eigenvalue weighted by molar-refractivity contribution is 5.94. The number of carbonyl (C=O) groups is 1. The van der Waals surface area contributed by atoms with E-state index in [9.17, 15) is 19.5 Å². The van der Waals surface area contributed by atoms with E-state index in [-0.39, 0.29) is 6.04 Å². The maximum absolute atomic E-state index is 12.2. The standard InChI is InChI=1S/C15H15N3O4/c1-7-2-3-8-4-5-10(9(8)6-7)16-13(20)11-12(19)14(21)18-15(22)17-11/h2-3,6,10,19H,4-5H2,1H3,(H,16,20)(H2,17,18,21,22)/t10-/m0/s1. The summed E-state index contributed by atoms with van der Waals surface area (Å²) in [5, 5.41) is 12.4. The summed E-state index contributed by atoms with van der Waals surface area (Å²) in [6, 6.07) is 5.85. The van der Waals surface area contributed by atoms with Crippen molar-refractivity contribution in [2.45, 2.75) is 25.8 Å². The molecule has 1 aromatic heterocycles. The third-order valence-electron chi connectivity index (χ3n) is 3.83. The van der Waals surface area contributed by atoms with Gasteiger partial charge in [-0.2, -0.15) is 0 Å². The molecule has 0 radical (unpaired) electrons. The number of benzene rings is 1. The molecule has 114 valence electrons. The Balaban J connectivity index is 1.90. The molecule has 0 bridgehead atoms. The molecule has 1 atom stereocenters. The zero-order valence-electron chi connectivity index (χ0n) is 11.9. The number of carbonyl (C=O) groups excluding carboxylic acids is 1. The Morgan fingerprint density at radius 1 is 1.32 bits per heavy atom. The second-order valence-corrected chi connectivity index (χ2v) is 5.40. The van der Waals surface area contributed by atoms with Crippen LogP contribution < -0.4 is 16.6 Å². The van der Waals surface area contributed by atoms with Gasteiger partial charge in [0.25, 0.3) is 11.5 Å². The van der Waals surface area contributed by atoms with Crippen LogP contribution >= 0.6 is 0 Å². The zero-order chi connectivity index (χ0) is 15.9. The van der Waals surface area contributed by atoms with E-state index in [0.29, 0.717) is 0 Å². The molecule has 0 spiro atoms. The minimum atomic E-state index is -0.989. The number of aromatic nitrogens is 2. The molecule has 1 aliphatic carbocycles. The zero-order valence-corrected chi connectivity index (χ0v) is 11.9. The lowest BCUT2D eigenvalue weighted by molar-refractivity contribution is 0.0927. The summed E-state index contributed by atoms with van der Waals surface area (Å²) in [6.45, 7) is 1.97. The molecule has 0 saturated carbocycles. The summed E-state index contributed by atoms with van der Waals surface area (Å²) in [6.07, 6.45) is 1.58. The molecule has 1 heterocycles. The average molecular weight is 301 g/mol. The molecule has 0 aliphatic heterocycles. The van der Waals surface area contributed by atoms with E-state index in [1.165, 1.54) is 5.56 Å². The fourth-order valence-corrected chi connectivity index (χ4v) is 2.75. The number of nitrogens with one attached hydrogen (secondary N) is 3. The van der Waals surface area contributed by atoms with Gasteiger partial charge < -0.3 is 10.4 Å². The molecule has 4 N–H and O–H groups in total. The van der Waals surface area contributed by atoms with Gasteiger partial charge in [0.05, 0.1) is 6.04 Å². The minimum absolute atomic E-state index is 0.204. The van der Waals surface area contributed by atoms with Crippen LogP contribution in [0.25, 0.3) is 0 Å². The second-order valence-electron chi connectivity index (χ2n) is 5.40. The van der Waals surface area contributed by atoms with Gasteiger partial charge in [0.1, 0.15) is 0 Å². The van der Waals surface area contributed by atoms with Crippen molar-refractivity contribution in [3.8, 4) is 5.75 Å².